The van der Waals surface area contributed by atoms with E-state index in [2.05, 4.69) is 20.0 Å². The molecule has 0 saturated carbocycles. The average molecular weight is 447 g/mol. The summed E-state index contributed by atoms with van der Waals surface area (Å²) in [6.07, 6.45) is -2.86. The van der Waals surface area contributed by atoms with Crippen LogP contribution in [0.15, 0.2) is 59.3 Å². The van der Waals surface area contributed by atoms with Gasteiger partial charge in [0.2, 0.25) is 5.95 Å². The Balaban J connectivity index is 1.52. The van der Waals surface area contributed by atoms with Gasteiger partial charge >= 0.3 is 6.36 Å². The number of imidazole rings is 1. The first kappa shape index (κ1) is 21.5. The fraction of sp³-hybridized carbons (Fsp3) is 0.238. The smallest absolute Gasteiger partial charge is 0.432 e. The third kappa shape index (κ3) is 4.78. The van der Waals surface area contributed by atoms with E-state index in [9.17, 15) is 18.3 Å². The molecule has 8 nitrogen and oxygen atoms in total. The molecule has 0 bridgehead atoms. The zero-order valence-corrected chi connectivity index (χ0v) is 16.8. The molecule has 2 heterocycles. The molecule has 0 aliphatic rings. The number of aromatic nitrogens is 3. The molecular weight excluding hydrogens is 427 g/mol. The molecule has 0 radical (unpaired) electrons. The molecule has 0 spiro atoms. The number of ether oxygens (including phenoxy) is 1. The van der Waals surface area contributed by atoms with Crippen LogP contribution in [0.3, 0.4) is 0 Å². The highest BCUT2D eigenvalue weighted by Crippen LogP contribution is 2.28. The van der Waals surface area contributed by atoms with Gasteiger partial charge in [0.25, 0.3) is 5.68 Å². The second kappa shape index (κ2) is 8.42. The minimum Gasteiger partial charge on any atom is -0.432 e. The van der Waals surface area contributed by atoms with Crippen molar-refractivity contribution in [2.75, 3.05) is 5.32 Å². The van der Waals surface area contributed by atoms with Crippen LogP contribution >= 0.6 is 0 Å². The largest absolute Gasteiger partial charge is 0.573 e. The van der Waals surface area contributed by atoms with Crippen LogP contribution in [0.5, 0.6) is 5.75 Å². The van der Waals surface area contributed by atoms with Gasteiger partial charge in [-0.05, 0) is 29.3 Å². The SMILES string of the molecule is CC(c1cccc(OC(F)(F)F)c1)C(O)Nc1nc2c(Cn3ccoc3=N)cccc2[nH]1. The van der Waals surface area contributed by atoms with Gasteiger partial charge < -0.3 is 24.6 Å². The number of H-pyrrole nitrogens is 1. The van der Waals surface area contributed by atoms with E-state index in [0.29, 0.717) is 23.6 Å². The zero-order valence-electron chi connectivity index (χ0n) is 16.8. The number of hydrogen-bond acceptors (Lipinski definition) is 6. The van der Waals surface area contributed by atoms with E-state index < -0.39 is 18.5 Å². The number of anilines is 1. The number of rotatable bonds is 7. The Hall–Kier alpha value is -3.73. The summed E-state index contributed by atoms with van der Waals surface area (Å²) in [6, 6.07) is 11.0. The number of para-hydroxylation sites is 1. The summed E-state index contributed by atoms with van der Waals surface area (Å²) in [5.74, 6) is -0.613. The molecule has 4 aromatic rings. The zero-order chi connectivity index (χ0) is 22.9. The molecule has 168 valence electrons. The number of aliphatic hydroxyl groups is 1. The molecule has 2 unspecified atom stereocenters. The van der Waals surface area contributed by atoms with Gasteiger partial charge in [0.1, 0.15) is 18.2 Å². The maximum absolute atomic E-state index is 12.5. The molecule has 0 aliphatic carbocycles. The number of oxazole rings is 1. The highest BCUT2D eigenvalue weighted by atomic mass is 19.4. The fourth-order valence-corrected chi connectivity index (χ4v) is 3.34. The second-order valence-electron chi connectivity index (χ2n) is 7.23. The van der Waals surface area contributed by atoms with Crippen molar-refractivity contribution in [3.05, 3.63) is 71.7 Å². The van der Waals surface area contributed by atoms with E-state index in [1.165, 1.54) is 24.5 Å². The van der Waals surface area contributed by atoms with Gasteiger partial charge in [-0.25, -0.2) is 4.98 Å². The number of nitrogens with zero attached hydrogens (tertiary/aromatic N) is 2. The van der Waals surface area contributed by atoms with Crippen LogP contribution < -0.4 is 15.7 Å². The van der Waals surface area contributed by atoms with Gasteiger partial charge in [0.05, 0.1) is 17.6 Å². The number of hydrogen-bond donors (Lipinski definition) is 4. The number of aliphatic hydroxyl groups excluding tert-OH is 1. The topological polar surface area (TPSA) is 112 Å². The predicted molar refractivity (Wildman–Crippen MR) is 109 cm³/mol. The Morgan fingerprint density at radius 1 is 1.28 bits per heavy atom. The quantitative estimate of drug-likeness (QED) is 0.321. The van der Waals surface area contributed by atoms with Crippen molar-refractivity contribution in [2.24, 2.45) is 0 Å². The maximum atomic E-state index is 12.5. The molecule has 4 rings (SSSR count). The molecule has 0 fully saturated rings. The van der Waals surface area contributed by atoms with Gasteiger partial charge in [-0.3, -0.25) is 9.98 Å². The van der Waals surface area contributed by atoms with Gasteiger partial charge in [0.15, 0.2) is 0 Å². The molecule has 2 atom stereocenters. The summed E-state index contributed by atoms with van der Waals surface area (Å²) in [7, 11) is 0. The van der Waals surface area contributed by atoms with Crippen LogP contribution in [-0.4, -0.2) is 32.2 Å². The van der Waals surface area contributed by atoms with Crippen molar-refractivity contribution in [3.63, 3.8) is 0 Å². The third-order valence-corrected chi connectivity index (χ3v) is 4.99. The first-order valence-corrected chi connectivity index (χ1v) is 9.66. The monoisotopic (exact) mass is 447 g/mol. The van der Waals surface area contributed by atoms with Gasteiger partial charge in [0, 0.05) is 12.1 Å². The lowest BCUT2D eigenvalue weighted by atomic mass is 9.99. The number of halogens is 3. The van der Waals surface area contributed by atoms with Crippen molar-refractivity contribution in [1.82, 2.24) is 14.5 Å². The van der Waals surface area contributed by atoms with Crippen molar-refractivity contribution in [3.8, 4) is 5.75 Å². The summed E-state index contributed by atoms with van der Waals surface area (Å²) in [6.45, 7) is 2.05. The van der Waals surface area contributed by atoms with Crippen LogP contribution in [0.2, 0.25) is 0 Å². The maximum Gasteiger partial charge on any atom is 0.573 e. The van der Waals surface area contributed by atoms with Crippen LogP contribution in [0.25, 0.3) is 11.0 Å². The Labute approximate surface area is 179 Å². The lowest BCUT2D eigenvalue weighted by molar-refractivity contribution is -0.274. The number of benzene rings is 2. The average Bonchev–Trinajstić information content (AvgIpc) is 3.32. The highest BCUT2D eigenvalue weighted by molar-refractivity contribution is 5.81. The molecule has 0 saturated heterocycles. The lowest BCUT2D eigenvalue weighted by Crippen LogP contribution is -2.26. The van der Waals surface area contributed by atoms with Crippen LogP contribution in [0, 0.1) is 5.41 Å². The highest BCUT2D eigenvalue weighted by Gasteiger charge is 2.31. The Morgan fingerprint density at radius 3 is 2.78 bits per heavy atom. The van der Waals surface area contributed by atoms with Gasteiger partial charge in [-0.2, -0.15) is 0 Å². The molecule has 0 aliphatic heterocycles. The first-order valence-electron chi connectivity index (χ1n) is 9.66. The first-order chi connectivity index (χ1) is 15.2. The Bertz CT molecular complexity index is 1280. The van der Waals surface area contributed by atoms with Crippen LogP contribution in [-0.2, 0) is 6.54 Å². The van der Waals surface area contributed by atoms with Gasteiger partial charge in [-0.15, -0.1) is 13.2 Å². The lowest BCUT2D eigenvalue weighted by Gasteiger charge is -2.20. The van der Waals surface area contributed by atoms with Crippen LogP contribution in [0.4, 0.5) is 19.1 Å². The standard InChI is InChI=1S/C21H20F3N5O3/c1-12(13-4-2-6-15(10-13)32-21(22,23)24)18(30)28-20-26-16-7-3-5-14(17(16)27-20)11-29-8-9-31-19(29)25/h2-10,12,18,25,30H,11H2,1H3,(H2,26,27,28). The molecule has 0 amide bonds. The van der Waals surface area contributed by atoms with E-state index in [1.807, 2.05) is 18.2 Å². The van der Waals surface area contributed by atoms with E-state index in [4.69, 9.17) is 9.83 Å². The van der Waals surface area contributed by atoms with Crippen molar-refractivity contribution < 1.29 is 27.4 Å². The van der Waals surface area contributed by atoms with Crippen molar-refractivity contribution in [2.45, 2.75) is 32.0 Å². The van der Waals surface area contributed by atoms with E-state index in [-0.39, 0.29) is 11.4 Å². The molecule has 32 heavy (non-hydrogen) atoms. The normalized spacial score (nSPS) is 13.8. The van der Waals surface area contributed by atoms with Crippen molar-refractivity contribution in [1.29, 1.82) is 5.41 Å². The molecule has 2 aromatic heterocycles. The Kier molecular flexibility index (Phi) is 5.66. The van der Waals surface area contributed by atoms with E-state index in [0.717, 1.165) is 11.1 Å². The van der Waals surface area contributed by atoms with Crippen LogP contribution in [0.1, 0.15) is 24.0 Å². The summed E-state index contributed by atoms with van der Waals surface area (Å²) in [4.78, 5) is 7.57. The fourth-order valence-electron chi connectivity index (χ4n) is 3.34. The summed E-state index contributed by atoms with van der Waals surface area (Å²) in [5.41, 5.74) is 2.69. The number of nitrogens with one attached hydrogen (secondary N) is 3. The molecule has 11 heteroatoms. The predicted octanol–water partition coefficient (Wildman–Crippen LogP) is 3.92. The summed E-state index contributed by atoms with van der Waals surface area (Å²) in [5, 5.41) is 21.2. The number of alkyl halides is 3. The molecular formula is C21H20F3N5O3. The third-order valence-electron chi connectivity index (χ3n) is 4.99. The minimum atomic E-state index is -4.79. The Morgan fingerprint density at radius 2 is 2.06 bits per heavy atom. The van der Waals surface area contributed by atoms with Gasteiger partial charge in [-0.1, -0.05) is 31.2 Å². The van der Waals surface area contributed by atoms with Crippen molar-refractivity contribution >= 4 is 17.0 Å². The number of aromatic amines is 1. The molecule has 2 aromatic carbocycles. The summed E-state index contributed by atoms with van der Waals surface area (Å²) >= 11 is 0. The summed E-state index contributed by atoms with van der Waals surface area (Å²) < 4.78 is 48.0. The molecule has 4 N–H and O–H groups in total. The second-order valence-corrected chi connectivity index (χ2v) is 7.23. The van der Waals surface area contributed by atoms with E-state index in [1.54, 1.807) is 23.8 Å². The minimum absolute atomic E-state index is 0.0110. The number of fused-ring (bicyclic) bond motifs is 1. The van der Waals surface area contributed by atoms with E-state index >= 15 is 0 Å².